The first kappa shape index (κ1) is 39.2. The van der Waals surface area contributed by atoms with E-state index in [1.165, 1.54) is 12.0 Å². The second-order valence-electron chi connectivity index (χ2n) is 12.7. The molecular weight excluding hydrogens is 656 g/mol. The number of amides is 3. The van der Waals surface area contributed by atoms with Gasteiger partial charge in [0.1, 0.15) is 23.5 Å². The van der Waals surface area contributed by atoms with Crippen LogP contribution in [0.1, 0.15) is 50.9 Å². The topological polar surface area (TPSA) is 156 Å². The Labute approximate surface area is 290 Å². The molecule has 3 atom stereocenters. The van der Waals surface area contributed by atoms with Gasteiger partial charge in [-0.15, -0.1) is 0 Å². The summed E-state index contributed by atoms with van der Waals surface area (Å²) >= 11 is 4.02. The predicted molar refractivity (Wildman–Crippen MR) is 184 cm³/mol. The Morgan fingerprint density at radius 2 is 1.71 bits per heavy atom. The molecule has 11 nitrogen and oxygen atoms in total. The molecule has 1 heterocycles. The molecule has 14 heteroatoms. The first-order valence-corrected chi connectivity index (χ1v) is 16.3. The van der Waals surface area contributed by atoms with Crippen molar-refractivity contribution >= 4 is 36.3 Å². The average Bonchev–Trinajstić information content (AvgIpc) is 3.46. The van der Waals surface area contributed by atoms with Gasteiger partial charge in [-0.3, -0.25) is 19.2 Å². The minimum Gasteiger partial charge on any atom is -0.468 e. The molecule has 0 saturated heterocycles. The van der Waals surface area contributed by atoms with Gasteiger partial charge in [-0.25, -0.2) is 8.78 Å². The van der Waals surface area contributed by atoms with Gasteiger partial charge in [0.2, 0.25) is 17.7 Å². The second-order valence-corrected chi connectivity index (χ2v) is 13.3. The van der Waals surface area contributed by atoms with Crippen molar-refractivity contribution in [2.75, 3.05) is 33.4 Å². The molecule has 0 aliphatic carbocycles. The molecule has 0 fully saturated rings. The number of methoxy groups -OCH3 is 1. The van der Waals surface area contributed by atoms with Gasteiger partial charge in [0.05, 0.1) is 19.2 Å². The van der Waals surface area contributed by atoms with E-state index in [2.05, 4.69) is 28.0 Å². The van der Waals surface area contributed by atoms with Gasteiger partial charge < -0.3 is 35.7 Å². The number of hydrogen-bond acceptors (Lipinski definition) is 8. The molecule has 0 aliphatic heterocycles. The summed E-state index contributed by atoms with van der Waals surface area (Å²) in [7, 11) is 1.20. The number of aliphatic hydroxyl groups excluding tert-OH is 1. The highest BCUT2D eigenvalue weighted by atomic mass is 32.1. The molecule has 2 aromatic carbocycles. The van der Waals surface area contributed by atoms with Gasteiger partial charge in [0, 0.05) is 55.6 Å². The lowest BCUT2D eigenvalue weighted by atomic mass is 9.82. The summed E-state index contributed by atoms with van der Waals surface area (Å²) in [6, 6.07) is 12.7. The Balaban J connectivity index is 1.83. The van der Waals surface area contributed by atoms with E-state index in [9.17, 15) is 33.1 Å². The van der Waals surface area contributed by atoms with Gasteiger partial charge in [0.15, 0.2) is 0 Å². The van der Waals surface area contributed by atoms with Crippen molar-refractivity contribution in [2.24, 2.45) is 11.1 Å². The number of rotatable bonds is 16. The summed E-state index contributed by atoms with van der Waals surface area (Å²) in [5.41, 5.74) is 7.59. The minimum atomic E-state index is -1.04. The maximum Gasteiger partial charge on any atom is 0.319 e. The molecule has 5 N–H and O–H groups in total. The number of aromatic nitrogens is 1. The minimum absolute atomic E-state index is 0.0102. The molecule has 0 saturated carbocycles. The molecule has 0 radical (unpaired) electrons. The Hall–Kier alpha value is -4.27. The fraction of sp³-hybridized carbons (Fsp3) is 0.429. The Kier molecular flexibility index (Phi) is 14.3. The van der Waals surface area contributed by atoms with Crippen LogP contribution in [0.5, 0.6) is 0 Å². The van der Waals surface area contributed by atoms with Crippen LogP contribution in [-0.4, -0.2) is 82.9 Å². The summed E-state index contributed by atoms with van der Waals surface area (Å²) in [5.74, 6) is -3.41. The third kappa shape index (κ3) is 11.1. The van der Waals surface area contributed by atoms with Gasteiger partial charge >= 0.3 is 5.97 Å². The smallest absolute Gasteiger partial charge is 0.319 e. The zero-order valence-electron chi connectivity index (χ0n) is 28.1. The van der Waals surface area contributed by atoms with E-state index in [0.717, 1.165) is 23.8 Å². The number of esters is 1. The largest absolute Gasteiger partial charge is 0.468 e. The standard InChI is InChI=1S/C35H45F2N5O6S/c1-35(2,3)32(28-16-23(25-17-24(36)10-11-26(25)37)20-41(28)19-22-8-6-5-7-9-22)42(31(45)21-43)15-12-27(38)33(46)40-14-13-39-30(44)18-29(49)34(47)48-4/h5-11,16-17,20,27,29,32,43,49H,12-15,18-19,21,38H2,1-4H3,(H,39,44)(H,40,46). The van der Waals surface area contributed by atoms with Crippen molar-refractivity contribution in [2.45, 2.75) is 57.5 Å². The summed E-state index contributed by atoms with van der Waals surface area (Å²) < 4.78 is 35.6. The van der Waals surface area contributed by atoms with Crippen LogP contribution in [0, 0.1) is 17.0 Å². The van der Waals surface area contributed by atoms with Crippen LogP contribution >= 0.6 is 12.6 Å². The molecule has 3 aromatic rings. The number of hydrogen-bond donors (Lipinski definition) is 5. The molecule has 0 aliphatic rings. The van der Waals surface area contributed by atoms with Gasteiger partial charge in [-0.2, -0.15) is 12.6 Å². The number of aliphatic hydroxyl groups is 1. The maximum absolute atomic E-state index is 15.0. The molecule has 266 valence electrons. The normalized spacial score (nSPS) is 13.2. The number of nitrogens with one attached hydrogen (secondary N) is 2. The highest BCUT2D eigenvalue weighted by molar-refractivity contribution is 7.81. The highest BCUT2D eigenvalue weighted by Gasteiger charge is 2.37. The van der Waals surface area contributed by atoms with Gasteiger partial charge in [-0.1, -0.05) is 51.1 Å². The first-order valence-electron chi connectivity index (χ1n) is 15.8. The number of halogens is 2. The van der Waals surface area contributed by atoms with E-state index >= 15 is 0 Å². The molecule has 3 unspecified atom stereocenters. The van der Waals surface area contributed by atoms with E-state index in [1.807, 2.05) is 55.7 Å². The van der Waals surface area contributed by atoms with Crippen molar-refractivity contribution in [1.82, 2.24) is 20.1 Å². The second kappa shape index (κ2) is 17.9. The monoisotopic (exact) mass is 701 g/mol. The van der Waals surface area contributed by atoms with Crippen LogP contribution < -0.4 is 16.4 Å². The molecule has 0 spiro atoms. The Morgan fingerprint density at radius 1 is 1.04 bits per heavy atom. The van der Waals surface area contributed by atoms with Crippen LogP contribution in [-0.2, 0) is 30.5 Å². The van der Waals surface area contributed by atoms with Crippen LogP contribution in [0.15, 0.2) is 60.8 Å². The highest BCUT2D eigenvalue weighted by Crippen LogP contribution is 2.41. The van der Waals surface area contributed by atoms with Crippen molar-refractivity contribution < 1.29 is 37.8 Å². The summed E-state index contributed by atoms with van der Waals surface area (Å²) in [6.07, 6.45) is 1.55. The SMILES string of the molecule is COC(=O)C(S)CC(=O)NCCNC(=O)C(N)CCN(C(=O)CO)C(c1cc(-c2cc(F)ccc2F)cn1Cc1ccccc1)C(C)(C)C. The van der Waals surface area contributed by atoms with Crippen LogP contribution in [0.25, 0.3) is 11.1 Å². The number of thiol groups is 1. The average molecular weight is 702 g/mol. The predicted octanol–water partition coefficient (Wildman–Crippen LogP) is 3.20. The van der Waals surface area contributed by atoms with Crippen molar-refractivity contribution in [3.05, 3.63) is 83.7 Å². The van der Waals surface area contributed by atoms with Crippen LogP contribution in [0.3, 0.4) is 0 Å². The lowest BCUT2D eigenvalue weighted by molar-refractivity contribution is -0.141. The third-order valence-electron chi connectivity index (χ3n) is 7.85. The number of nitrogens with zero attached hydrogens (tertiary/aromatic N) is 2. The van der Waals surface area contributed by atoms with Crippen LogP contribution in [0.2, 0.25) is 0 Å². The summed E-state index contributed by atoms with van der Waals surface area (Å²) in [6.45, 7) is 5.43. The quantitative estimate of drug-likeness (QED) is 0.0873. The number of carbonyl (C=O) groups excluding carboxylic acids is 4. The van der Waals surface area contributed by atoms with E-state index in [0.29, 0.717) is 17.8 Å². The molecule has 49 heavy (non-hydrogen) atoms. The molecular formula is C35H45F2N5O6S. The zero-order valence-corrected chi connectivity index (χ0v) is 29.0. The van der Waals surface area contributed by atoms with Gasteiger partial charge in [-0.05, 0) is 41.7 Å². The number of benzene rings is 2. The molecule has 3 rings (SSSR count). The Morgan fingerprint density at radius 3 is 2.35 bits per heavy atom. The van der Waals surface area contributed by atoms with Crippen molar-refractivity contribution in [3.63, 3.8) is 0 Å². The third-order valence-corrected chi connectivity index (χ3v) is 8.24. The lowest BCUT2D eigenvalue weighted by Crippen LogP contribution is -2.48. The molecule has 3 amide bonds. The fourth-order valence-corrected chi connectivity index (χ4v) is 5.77. The van der Waals surface area contributed by atoms with Gasteiger partial charge in [0.25, 0.3) is 0 Å². The zero-order chi connectivity index (χ0) is 36.3. The van der Waals surface area contributed by atoms with Crippen molar-refractivity contribution in [3.8, 4) is 11.1 Å². The molecule has 0 bridgehead atoms. The summed E-state index contributed by atoms with van der Waals surface area (Å²) in [5, 5.41) is 14.3. The van der Waals surface area contributed by atoms with E-state index in [1.54, 1.807) is 12.3 Å². The number of ether oxygens (including phenoxy) is 1. The maximum atomic E-state index is 15.0. The number of nitrogens with two attached hydrogens (primary N) is 1. The molecule has 1 aromatic heterocycles. The Bertz CT molecular complexity index is 1600. The van der Waals surface area contributed by atoms with E-state index in [-0.39, 0.29) is 38.0 Å². The lowest BCUT2D eigenvalue weighted by Gasteiger charge is -2.41. The first-order chi connectivity index (χ1) is 23.2. The number of carbonyl (C=O) groups is 4. The summed E-state index contributed by atoms with van der Waals surface area (Å²) in [4.78, 5) is 51.1. The van der Waals surface area contributed by atoms with Crippen molar-refractivity contribution in [1.29, 1.82) is 0 Å². The van der Waals surface area contributed by atoms with Crippen LogP contribution in [0.4, 0.5) is 8.78 Å². The van der Waals surface area contributed by atoms with E-state index < -0.39 is 64.7 Å². The fourth-order valence-electron chi connectivity index (χ4n) is 5.50. The van der Waals surface area contributed by atoms with E-state index in [4.69, 9.17) is 5.73 Å².